The summed E-state index contributed by atoms with van der Waals surface area (Å²) < 4.78 is 1.29. The summed E-state index contributed by atoms with van der Waals surface area (Å²) in [6, 6.07) is 8.43. The zero-order valence-electron chi connectivity index (χ0n) is 8.03. The molecule has 1 radical (unpaired) electrons. The summed E-state index contributed by atoms with van der Waals surface area (Å²) >= 11 is 0. The number of aromatic nitrogens is 1. The molecule has 1 aromatic heterocycles. The Morgan fingerprint density at radius 1 is 1.50 bits per heavy atom. The van der Waals surface area contributed by atoms with Gasteiger partial charge in [-0.15, -0.1) is 0 Å². The molecule has 0 spiro atoms. The molecule has 0 aliphatic carbocycles. The first-order chi connectivity index (χ1) is 6.63. The minimum atomic E-state index is -0.944. The van der Waals surface area contributed by atoms with Crippen molar-refractivity contribution in [1.29, 1.82) is 0 Å². The molecule has 2 aromatic rings. The lowest BCUT2D eigenvalue weighted by molar-refractivity contribution is 0.197. The summed E-state index contributed by atoms with van der Waals surface area (Å²) in [5.74, 6) is 0. The molecule has 0 fully saturated rings. The molecule has 0 amide bonds. The number of nitrogens with zero attached hydrogens (tertiary/aromatic N) is 1. The minimum absolute atomic E-state index is 0.704. The second-order valence-corrected chi connectivity index (χ2v) is 3.26. The molecular formula is C11H10NO2. The molecule has 0 unspecified atom stereocenters. The molecule has 0 bridgehead atoms. The highest BCUT2D eigenvalue weighted by Gasteiger charge is 2.14. The van der Waals surface area contributed by atoms with E-state index in [0.717, 1.165) is 16.6 Å². The molecular weight excluding hydrogens is 178 g/mol. The SMILES string of the molecule is Cc1c(C)n(C(=O)O)c2ccc[c]c12. The van der Waals surface area contributed by atoms with Crippen molar-refractivity contribution < 1.29 is 9.90 Å². The van der Waals surface area contributed by atoms with E-state index in [0.29, 0.717) is 5.52 Å². The molecule has 71 valence electrons. The number of aryl methyl sites for hydroxylation is 1. The van der Waals surface area contributed by atoms with Crippen molar-refractivity contribution in [3.05, 3.63) is 35.5 Å². The van der Waals surface area contributed by atoms with Crippen molar-refractivity contribution in [2.24, 2.45) is 0 Å². The number of fused-ring (bicyclic) bond motifs is 1. The van der Waals surface area contributed by atoms with Gasteiger partial charge in [0.1, 0.15) is 0 Å². The van der Waals surface area contributed by atoms with Crippen LogP contribution in [-0.2, 0) is 0 Å². The second kappa shape index (κ2) is 2.87. The van der Waals surface area contributed by atoms with E-state index in [1.807, 2.05) is 6.92 Å². The van der Waals surface area contributed by atoms with Crippen LogP contribution < -0.4 is 0 Å². The van der Waals surface area contributed by atoms with Gasteiger partial charge in [0.2, 0.25) is 0 Å². The van der Waals surface area contributed by atoms with Gasteiger partial charge in [-0.2, -0.15) is 0 Å². The van der Waals surface area contributed by atoms with Gasteiger partial charge in [-0.1, -0.05) is 12.1 Å². The van der Waals surface area contributed by atoms with Crippen LogP contribution in [0.25, 0.3) is 10.9 Å². The van der Waals surface area contributed by atoms with Gasteiger partial charge < -0.3 is 5.11 Å². The minimum Gasteiger partial charge on any atom is -0.464 e. The lowest BCUT2D eigenvalue weighted by Gasteiger charge is -1.99. The molecule has 2 rings (SSSR count). The highest BCUT2D eigenvalue weighted by Crippen LogP contribution is 2.23. The van der Waals surface area contributed by atoms with Crippen molar-refractivity contribution in [3.8, 4) is 0 Å². The Morgan fingerprint density at radius 3 is 2.86 bits per heavy atom. The van der Waals surface area contributed by atoms with Crippen LogP contribution in [0.3, 0.4) is 0 Å². The molecule has 0 saturated carbocycles. The Kier molecular flexibility index (Phi) is 1.81. The summed E-state index contributed by atoms with van der Waals surface area (Å²) in [5, 5.41) is 9.91. The van der Waals surface area contributed by atoms with Crippen molar-refractivity contribution >= 4 is 17.0 Å². The maximum atomic E-state index is 11.0. The number of carboxylic acid groups (broad SMARTS) is 1. The average molecular weight is 188 g/mol. The standard InChI is InChI=1S/C11H10NO2/c1-7-8(2)12(11(13)14)10-6-4-3-5-9(7)10/h3-4,6H,1-2H3,(H,13,14). The van der Waals surface area contributed by atoms with Gasteiger partial charge in [-0.3, -0.25) is 0 Å². The van der Waals surface area contributed by atoms with Crippen molar-refractivity contribution in [2.75, 3.05) is 0 Å². The van der Waals surface area contributed by atoms with E-state index in [1.165, 1.54) is 4.57 Å². The van der Waals surface area contributed by atoms with Crippen molar-refractivity contribution in [1.82, 2.24) is 4.57 Å². The molecule has 3 nitrogen and oxygen atoms in total. The third-order valence-corrected chi connectivity index (χ3v) is 2.52. The smallest absolute Gasteiger partial charge is 0.416 e. The predicted octanol–water partition coefficient (Wildman–Crippen LogP) is 2.58. The van der Waals surface area contributed by atoms with Crippen molar-refractivity contribution in [3.63, 3.8) is 0 Å². The van der Waals surface area contributed by atoms with Crippen LogP contribution in [0.1, 0.15) is 11.3 Å². The number of benzene rings is 1. The quantitative estimate of drug-likeness (QED) is 0.690. The summed E-state index contributed by atoms with van der Waals surface area (Å²) in [6.07, 6.45) is -0.944. The van der Waals surface area contributed by atoms with Gasteiger partial charge in [0.25, 0.3) is 0 Å². The van der Waals surface area contributed by atoms with E-state index in [-0.39, 0.29) is 0 Å². The van der Waals surface area contributed by atoms with Gasteiger partial charge in [0, 0.05) is 11.1 Å². The van der Waals surface area contributed by atoms with E-state index in [4.69, 9.17) is 5.11 Å². The van der Waals surface area contributed by atoms with Crippen LogP contribution in [0.5, 0.6) is 0 Å². The zero-order valence-corrected chi connectivity index (χ0v) is 8.03. The topological polar surface area (TPSA) is 42.2 Å². The van der Waals surface area contributed by atoms with E-state index >= 15 is 0 Å². The largest absolute Gasteiger partial charge is 0.464 e. The first-order valence-electron chi connectivity index (χ1n) is 4.34. The molecule has 1 aromatic carbocycles. The van der Waals surface area contributed by atoms with E-state index in [1.54, 1.807) is 25.1 Å². The third kappa shape index (κ3) is 1.02. The summed E-state index contributed by atoms with van der Waals surface area (Å²) in [6.45, 7) is 3.71. The number of hydrogen-bond donors (Lipinski definition) is 1. The fourth-order valence-electron chi connectivity index (χ4n) is 1.69. The molecule has 1 N–H and O–H groups in total. The molecule has 0 saturated heterocycles. The Labute approximate surface area is 81.6 Å². The van der Waals surface area contributed by atoms with E-state index in [9.17, 15) is 4.79 Å². The zero-order chi connectivity index (χ0) is 10.3. The second-order valence-electron chi connectivity index (χ2n) is 3.26. The lowest BCUT2D eigenvalue weighted by atomic mass is 10.2. The maximum absolute atomic E-state index is 11.0. The highest BCUT2D eigenvalue weighted by molar-refractivity contribution is 5.92. The predicted molar refractivity (Wildman–Crippen MR) is 53.7 cm³/mol. The highest BCUT2D eigenvalue weighted by atomic mass is 16.4. The average Bonchev–Trinajstić information content (AvgIpc) is 2.41. The molecule has 0 aliphatic rings. The normalized spacial score (nSPS) is 10.7. The number of rotatable bonds is 0. The van der Waals surface area contributed by atoms with Crippen LogP contribution in [0.4, 0.5) is 4.79 Å². The first-order valence-corrected chi connectivity index (χ1v) is 4.34. The maximum Gasteiger partial charge on any atom is 0.416 e. The Balaban J connectivity index is 2.95. The number of carbonyl (C=O) groups is 1. The first kappa shape index (κ1) is 8.81. The molecule has 0 aliphatic heterocycles. The van der Waals surface area contributed by atoms with Gasteiger partial charge in [-0.25, -0.2) is 9.36 Å². The summed E-state index contributed by atoms with van der Waals surface area (Å²) in [4.78, 5) is 11.0. The van der Waals surface area contributed by atoms with Crippen LogP contribution in [0.2, 0.25) is 0 Å². The van der Waals surface area contributed by atoms with Crippen LogP contribution >= 0.6 is 0 Å². The Morgan fingerprint density at radius 2 is 2.21 bits per heavy atom. The fourth-order valence-corrected chi connectivity index (χ4v) is 1.69. The molecule has 1 heterocycles. The van der Waals surface area contributed by atoms with Crippen molar-refractivity contribution in [2.45, 2.75) is 13.8 Å². The van der Waals surface area contributed by atoms with E-state index in [2.05, 4.69) is 6.07 Å². The molecule has 0 atom stereocenters. The Hall–Kier alpha value is -1.77. The van der Waals surface area contributed by atoms with Crippen LogP contribution in [0.15, 0.2) is 18.2 Å². The number of hydrogen-bond acceptors (Lipinski definition) is 1. The fraction of sp³-hybridized carbons (Fsp3) is 0.182. The molecule has 3 heteroatoms. The van der Waals surface area contributed by atoms with Crippen LogP contribution in [-0.4, -0.2) is 15.8 Å². The molecule has 14 heavy (non-hydrogen) atoms. The summed E-state index contributed by atoms with van der Waals surface area (Å²) in [5.41, 5.74) is 2.44. The van der Waals surface area contributed by atoms with Gasteiger partial charge >= 0.3 is 6.09 Å². The van der Waals surface area contributed by atoms with E-state index < -0.39 is 6.09 Å². The summed E-state index contributed by atoms with van der Waals surface area (Å²) in [7, 11) is 0. The lowest BCUT2D eigenvalue weighted by Crippen LogP contribution is -2.09. The monoisotopic (exact) mass is 188 g/mol. The van der Waals surface area contributed by atoms with Gasteiger partial charge in [-0.05, 0) is 31.5 Å². The van der Waals surface area contributed by atoms with Crippen LogP contribution in [0, 0.1) is 19.9 Å². The van der Waals surface area contributed by atoms with Gasteiger partial charge in [0.15, 0.2) is 0 Å². The van der Waals surface area contributed by atoms with Gasteiger partial charge in [0.05, 0.1) is 5.52 Å². The Bertz CT molecular complexity index is 511. The third-order valence-electron chi connectivity index (χ3n) is 2.52.